The van der Waals surface area contributed by atoms with Crippen LogP contribution in [0, 0.1) is 5.92 Å². The fraction of sp³-hybridized carbons (Fsp3) is 0.312. The van der Waals surface area contributed by atoms with Crippen molar-refractivity contribution in [2.45, 2.75) is 6.42 Å². The molecule has 7 heteroatoms. The second kappa shape index (κ2) is 6.89. The van der Waals surface area contributed by atoms with Gasteiger partial charge in [0.25, 0.3) is 11.8 Å². The van der Waals surface area contributed by atoms with Crippen molar-refractivity contribution in [3.8, 4) is 0 Å². The number of anilines is 1. The number of aromatic nitrogens is 1. The Morgan fingerprint density at radius 1 is 1.35 bits per heavy atom. The van der Waals surface area contributed by atoms with E-state index in [2.05, 4.69) is 10.3 Å². The van der Waals surface area contributed by atoms with Crippen LogP contribution in [0.1, 0.15) is 26.5 Å². The van der Waals surface area contributed by atoms with E-state index >= 15 is 0 Å². The molecule has 2 amide bonds. The summed E-state index contributed by atoms with van der Waals surface area (Å²) < 4.78 is 0. The molecular weight excluding hydrogens is 312 g/mol. The number of carbonyl (C=O) groups excluding carboxylic acids is 2. The molecule has 0 bridgehead atoms. The maximum Gasteiger partial charge on any atom is 0.266 e. The van der Waals surface area contributed by atoms with Gasteiger partial charge in [-0.05, 0) is 42.5 Å². The van der Waals surface area contributed by atoms with Gasteiger partial charge in [0.2, 0.25) is 0 Å². The minimum atomic E-state index is -0.249. The van der Waals surface area contributed by atoms with Gasteiger partial charge in [-0.3, -0.25) is 14.6 Å². The van der Waals surface area contributed by atoms with Crippen LogP contribution in [0.15, 0.2) is 36.0 Å². The zero-order chi connectivity index (χ0) is 16.2. The summed E-state index contributed by atoms with van der Waals surface area (Å²) in [5, 5.41) is 4.62. The molecule has 1 aliphatic heterocycles. The van der Waals surface area contributed by atoms with Crippen LogP contribution < -0.4 is 11.1 Å². The van der Waals surface area contributed by atoms with Crippen molar-refractivity contribution in [1.29, 1.82) is 0 Å². The molecule has 1 fully saturated rings. The van der Waals surface area contributed by atoms with Crippen molar-refractivity contribution < 1.29 is 9.59 Å². The van der Waals surface area contributed by atoms with E-state index in [-0.39, 0.29) is 11.8 Å². The highest BCUT2D eigenvalue weighted by Gasteiger charge is 2.28. The quantitative estimate of drug-likeness (QED) is 0.895. The third kappa shape index (κ3) is 3.40. The SMILES string of the molecule is NCC1CCN(C(=O)c2sccc2NC(=O)c2ccncc2)C1. The molecule has 23 heavy (non-hydrogen) atoms. The minimum absolute atomic E-state index is 0.0408. The number of thiophene rings is 1. The maximum atomic E-state index is 12.6. The molecule has 1 saturated heterocycles. The Balaban J connectivity index is 1.72. The van der Waals surface area contributed by atoms with E-state index in [1.165, 1.54) is 11.3 Å². The molecule has 2 aromatic rings. The van der Waals surface area contributed by atoms with E-state index in [4.69, 9.17) is 5.73 Å². The molecule has 0 saturated carbocycles. The lowest BCUT2D eigenvalue weighted by atomic mass is 10.1. The highest BCUT2D eigenvalue weighted by molar-refractivity contribution is 7.12. The fourth-order valence-corrected chi connectivity index (χ4v) is 3.44. The normalized spacial score (nSPS) is 17.3. The number of hydrogen-bond donors (Lipinski definition) is 2. The monoisotopic (exact) mass is 330 g/mol. The average Bonchev–Trinajstić information content (AvgIpc) is 3.24. The summed E-state index contributed by atoms with van der Waals surface area (Å²) >= 11 is 1.34. The number of likely N-dealkylation sites (tertiary alicyclic amines) is 1. The average molecular weight is 330 g/mol. The van der Waals surface area contributed by atoms with E-state index in [9.17, 15) is 9.59 Å². The molecule has 3 N–H and O–H groups in total. The molecule has 0 aromatic carbocycles. The molecule has 1 unspecified atom stereocenters. The Kier molecular flexibility index (Phi) is 4.68. The molecule has 3 rings (SSSR count). The van der Waals surface area contributed by atoms with E-state index in [0.717, 1.165) is 13.0 Å². The van der Waals surface area contributed by atoms with Gasteiger partial charge in [0, 0.05) is 31.0 Å². The van der Waals surface area contributed by atoms with Gasteiger partial charge in [0.15, 0.2) is 0 Å². The van der Waals surface area contributed by atoms with Crippen molar-refractivity contribution in [1.82, 2.24) is 9.88 Å². The van der Waals surface area contributed by atoms with Gasteiger partial charge in [-0.25, -0.2) is 0 Å². The van der Waals surface area contributed by atoms with Crippen molar-refractivity contribution in [2.24, 2.45) is 11.7 Å². The lowest BCUT2D eigenvalue weighted by Crippen LogP contribution is -2.30. The van der Waals surface area contributed by atoms with Crippen LogP contribution in [0.3, 0.4) is 0 Å². The molecular formula is C16H18N4O2S. The van der Waals surface area contributed by atoms with Crippen molar-refractivity contribution in [3.05, 3.63) is 46.4 Å². The summed E-state index contributed by atoms with van der Waals surface area (Å²) in [6.07, 6.45) is 4.06. The Hall–Kier alpha value is -2.25. The van der Waals surface area contributed by atoms with E-state index in [0.29, 0.717) is 35.1 Å². The molecule has 1 aliphatic rings. The van der Waals surface area contributed by atoms with Crippen LogP contribution >= 0.6 is 11.3 Å². The summed E-state index contributed by atoms with van der Waals surface area (Å²) in [5.41, 5.74) is 6.74. The van der Waals surface area contributed by atoms with Crippen LogP contribution in [0.4, 0.5) is 5.69 Å². The Morgan fingerprint density at radius 2 is 2.13 bits per heavy atom. The third-order valence-electron chi connectivity index (χ3n) is 3.96. The Labute approximate surface area is 138 Å². The molecule has 0 spiro atoms. The lowest BCUT2D eigenvalue weighted by molar-refractivity contribution is 0.0793. The Bertz CT molecular complexity index is 701. The Morgan fingerprint density at radius 3 is 2.83 bits per heavy atom. The minimum Gasteiger partial charge on any atom is -0.338 e. The van der Waals surface area contributed by atoms with E-state index in [1.54, 1.807) is 30.6 Å². The topological polar surface area (TPSA) is 88.3 Å². The lowest BCUT2D eigenvalue weighted by Gasteiger charge is -2.16. The second-order valence-electron chi connectivity index (χ2n) is 5.49. The third-order valence-corrected chi connectivity index (χ3v) is 4.86. The summed E-state index contributed by atoms with van der Waals surface area (Å²) in [6.45, 7) is 2.00. The zero-order valence-corrected chi connectivity index (χ0v) is 13.4. The number of rotatable bonds is 4. The first-order valence-electron chi connectivity index (χ1n) is 7.47. The second-order valence-corrected chi connectivity index (χ2v) is 6.41. The van der Waals surface area contributed by atoms with Gasteiger partial charge in [0.1, 0.15) is 4.88 Å². The molecule has 0 aliphatic carbocycles. The van der Waals surface area contributed by atoms with Crippen LogP contribution in [0.25, 0.3) is 0 Å². The number of pyridine rings is 1. The van der Waals surface area contributed by atoms with E-state index in [1.807, 2.05) is 10.3 Å². The predicted molar refractivity (Wildman–Crippen MR) is 89.6 cm³/mol. The van der Waals surface area contributed by atoms with Crippen LogP contribution in [-0.2, 0) is 0 Å². The van der Waals surface area contributed by atoms with Crippen LogP contribution in [-0.4, -0.2) is 41.3 Å². The molecule has 1 atom stereocenters. The van der Waals surface area contributed by atoms with Crippen molar-refractivity contribution in [2.75, 3.05) is 25.0 Å². The van der Waals surface area contributed by atoms with Gasteiger partial charge in [-0.15, -0.1) is 11.3 Å². The van der Waals surface area contributed by atoms with Crippen LogP contribution in [0.5, 0.6) is 0 Å². The van der Waals surface area contributed by atoms with E-state index < -0.39 is 0 Å². The van der Waals surface area contributed by atoms with Gasteiger partial charge < -0.3 is 16.0 Å². The van der Waals surface area contributed by atoms with Gasteiger partial charge in [-0.1, -0.05) is 0 Å². The number of carbonyl (C=O) groups is 2. The van der Waals surface area contributed by atoms with Gasteiger partial charge in [-0.2, -0.15) is 0 Å². The van der Waals surface area contributed by atoms with Crippen molar-refractivity contribution in [3.63, 3.8) is 0 Å². The standard InChI is InChI=1S/C16H18N4O2S/c17-9-11-3-7-20(10-11)16(22)14-13(4-8-23-14)19-15(21)12-1-5-18-6-2-12/h1-2,4-6,8,11H,3,7,9-10,17H2,(H,19,21). The molecule has 0 radical (unpaired) electrons. The summed E-state index contributed by atoms with van der Waals surface area (Å²) in [4.78, 5) is 31.1. The van der Waals surface area contributed by atoms with Crippen molar-refractivity contribution >= 4 is 28.8 Å². The number of amides is 2. The molecule has 2 aromatic heterocycles. The fourth-order valence-electron chi connectivity index (χ4n) is 2.62. The zero-order valence-electron chi connectivity index (χ0n) is 12.6. The first kappa shape index (κ1) is 15.6. The first-order valence-corrected chi connectivity index (χ1v) is 8.35. The number of hydrogen-bond acceptors (Lipinski definition) is 5. The molecule has 120 valence electrons. The number of nitrogens with zero attached hydrogens (tertiary/aromatic N) is 2. The predicted octanol–water partition coefficient (Wildman–Crippen LogP) is 1.82. The first-order chi connectivity index (χ1) is 11.2. The number of nitrogens with two attached hydrogens (primary N) is 1. The molecule has 6 nitrogen and oxygen atoms in total. The highest BCUT2D eigenvalue weighted by atomic mass is 32.1. The molecule has 3 heterocycles. The summed E-state index contributed by atoms with van der Waals surface area (Å²) in [5.74, 6) is 0.0795. The summed E-state index contributed by atoms with van der Waals surface area (Å²) in [7, 11) is 0. The smallest absolute Gasteiger partial charge is 0.266 e. The highest BCUT2D eigenvalue weighted by Crippen LogP contribution is 2.27. The van der Waals surface area contributed by atoms with Gasteiger partial charge in [0.05, 0.1) is 5.69 Å². The maximum absolute atomic E-state index is 12.6. The largest absolute Gasteiger partial charge is 0.338 e. The van der Waals surface area contributed by atoms with Gasteiger partial charge >= 0.3 is 0 Å². The van der Waals surface area contributed by atoms with Crippen LogP contribution in [0.2, 0.25) is 0 Å². The summed E-state index contributed by atoms with van der Waals surface area (Å²) in [6, 6.07) is 5.03. The number of nitrogens with one attached hydrogen (secondary N) is 1.